The minimum absolute atomic E-state index is 0.0429. The lowest BCUT2D eigenvalue weighted by Crippen LogP contribution is -1.83. The zero-order chi connectivity index (χ0) is 13.2. The highest BCUT2D eigenvalue weighted by atomic mass is 79.9. The van der Waals surface area contributed by atoms with E-state index in [0.717, 1.165) is 10.0 Å². The molecule has 3 rings (SSSR count). The third kappa shape index (κ3) is 2.45. The van der Waals surface area contributed by atoms with Crippen molar-refractivity contribution >= 4 is 15.9 Å². The van der Waals surface area contributed by atoms with Gasteiger partial charge in [-0.3, -0.25) is 9.97 Å². The molecule has 0 aliphatic carbocycles. The topological polar surface area (TPSA) is 84.9 Å². The van der Waals surface area contributed by atoms with Gasteiger partial charge in [-0.2, -0.15) is 4.98 Å². The van der Waals surface area contributed by atoms with Gasteiger partial charge in [-0.05, 0) is 28.1 Å². The third-order valence-corrected chi connectivity index (χ3v) is 2.79. The Hall–Kier alpha value is -2.28. The average molecular weight is 319 g/mol. The van der Waals surface area contributed by atoms with Gasteiger partial charge in [0.25, 0.3) is 5.89 Å². The monoisotopic (exact) mass is 318 g/mol. The Morgan fingerprint density at radius 2 is 1.79 bits per heavy atom. The van der Waals surface area contributed by atoms with E-state index in [2.05, 4.69) is 36.0 Å². The van der Waals surface area contributed by atoms with Gasteiger partial charge >= 0.3 is 0 Å². The predicted octanol–water partition coefficient (Wildman–Crippen LogP) is 2.66. The van der Waals surface area contributed by atoms with Crippen molar-refractivity contribution in [2.45, 2.75) is 0 Å². The molecule has 0 aliphatic rings. The Morgan fingerprint density at radius 1 is 1.00 bits per heavy atom. The number of pyridine rings is 2. The summed E-state index contributed by atoms with van der Waals surface area (Å²) in [6.45, 7) is 0. The molecule has 0 saturated carbocycles. The second-order valence-corrected chi connectivity index (χ2v) is 4.66. The van der Waals surface area contributed by atoms with Crippen molar-refractivity contribution in [3.63, 3.8) is 0 Å². The number of nitrogens with zero attached hydrogens (tertiary/aromatic N) is 4. The molecule has 1 N–H and O–H groups in total. The highest BCUT2D eigenvalue weighted by Gasteiger charge is 2.11. The van der Waals surface area contributed by atoms with Crippen molar-refractivity contribution in [3.8, 4) is 28.6 Å². The Balaban J connectivity index is 2.00. The second kappa shape index (κ2) is 4.77. The molecule has 0 aromatic carbocycles. The van der Waals surface area contributed by atoms with Crippen LogP contribution in [0.3, 0.4) is 0 Å². The number of hydrogen-bond donors (Lipinski definition) is 1. The van der Waals surface area contributed by atoms with E-state index >= 15 is 0 Å². The highest BCUT2D eigenvalue weighted by Crippen LogP contribution is 2.24. The van der Waals surface area contributed by atoms with E-state index < -0.39 is 0 Å². The average Bonchev–Trinajstić information content (AvgIpc) is 2.88. The lowest BCUT2D eigenvalue weighted by molar-refractivity contribution is 0.431. The molecule has 0 unspecified atom stereocenters. The van der Waals surface area contributed by atoms with Crippen LogP contribution in [-0.4, -0.2) is 25.2 Å². The van der Waals surface area contributed by atoms with E-state index in [1.54, 1.807) is 12.4 Å². The van der Waals surface area contributed by atoms with Crippen LogP contribution in [0.25, 0.3) is 22.8 Å². The highest BCUT2D eigenvalue weighted by molar-refractivity contribution is 9.10. The second-order valence-electron chi connectivity index (χ2n) is 3.75. The molecule has 94 valence electrons. The molecule has 0 fully saturated rings. The number of halogens is 1. The van der Waals surface area contributed by atoms with Gasteiger partial charge in [-0.25, -0.2) is 0 Å². The molecule has 0 amide bonds. The maximum Gasteiger partial charge on any atom is 0.259 e. The summed E-state index contributed by atoms with van der Waals surface area (Å²) in [6, 6.07) is 3.34. The fraction of sp³-hybridized carbons (Fsp3) is 0. The van der Waals surface area contributed by atoms with Gasteiger partial charge in [-0.15, -0.1) is 0 Å². The molecule has 0 radical (unpaired) electrons. The van der Waals surface area contributed by atoms with Crippen molar-refractivity contribution in [1.82, 2.24) is 20.1 Å². The summed E-state index contributed by atoms with van der Waals surface area (Å²) in [5.41, 5.74) is 1.29. The Morgan fingerprint density at radius 3 is 2.58 bits per heavy atom. The van der Waals surface area contributed by atoms with E-state index in [9.17, 15) is 5.11 Å². The largest absolute Gasteiger partial charge is 0.506 e. The summed E-state index contributed by atoms with van der Waals surface area (Å²) < 4.78 is 5.97. The smallest absolute Gasteiger partial charge is 0.259 e. The van der Waals surface area contributed by atoms with Gasteiger partial charge in [0.15, 0.2) is 0 Å². The summed E-state index contributed by atoms with van der Waals surface area (Å²) in [6.07, 6.45) is 6.18. The van der Waals surface area contributed by atoms with E-state index in [0.29, 0.717) is 17.3 Å². The van der Waals surface area contributed by atoms with Crippen molar-refractivity contribution < 1.29 is 9.63 Å². The quantitative estimate of drug-likeness (QED) is 0.781. The molecule has 19 heavy (non-hydrogen) atoms. The molecule has 0 spiro atoms. The van der Waals surface area contributed by atoms with Crippen LogP contribution in [0, 0.1) is 0 Å². The summed E-state index contributed by atoms with van der Waals surface area (Å²) in [7, 11) is 0. The Labute approximate surface area is 116 Å². The number of rotatable bonds is 2. The van der Waals surface area contributed by atoms with Gasteiger partial charge in [0.05, 0.1) is 11.8 Å². The Bertz CT molecular complexity index is 669. The fourth-order valence-electron chi connectivity index (χ4n) is 1.54. The molecule has 0 atom stereocenters. The molecular weight excluding hydrogens is 312 g/mol. The number of aromatic nitrogens is 4. The van der Waals surface area contributed by atoms with E-state index in [1.165, 1.54) is 18.5 Å². The standard InChI is InChI=1S/C12H7BrN4O2/c13-9-1-7(3-14-5-9)11-16-12(19-17-11)8-2-10(18)6-15-4-8/h1-6,18H. The van der Waals surface area contributed by atoms with Crippen LogP contribution in [0.15, 0.2) is 45.9 Å². The van der Waals surface area contributed by atoms with Gasteiger partial charge in [0.2, 0.25) is 5.82 Å². The molecule has 7 heteroatoms. The first kappa shape index (κ1) is 11.8. The van der Waals surface area contributed by atoms with Gasteiger partial charge in [-0.1, -0.05) is 5.16 Å². The van der Waals surface area contributed by atoms with E-state index in [-0.39, 0.29) is 5.75 Å². The molecule has 3 heterocycles. The number of aromatic hydroxyl groups is 1. The van der Waals surface area contributed by atoms with Crippen LogP contribution in [0.4, 0.5) is 0 Å². The molecule has 0 bridgehead atoms. The van der Waals surface area contributed by atoms with Crippen molar-refractivity contribution in [2.75, 3.05) is 0 Å². The molecule has 0 saturated heterocycles. The minimum Gasteiger partial charge on any atom is -0.506 e. The normalized spacial score (nSPS) is 10.6. The first-order valence-corrected chi connectivity index (χ1v) is 6.11. The predicted molar refractivity (Wildman–Crippen MR) is 70.1 cm³/mol. The number of hydrogen-bond acceptors (Lipinski definition) is 6. The lowest BCUT2D eigenvalue weighted by atomic mass is 10.2. The summed E-state index contributed by atoms with van der Waals surface area (Å²) in [5, 5.41) is 13.2. The van der Waals surface area contributed by atoms with Crippen molar-refractivity contribution in [2.24, 2.45) is 0 Å². The maximum atomic E-state index is 9.37. The maximum absolute atomic E-state index is 9.37. The van der Waals surface area contributed by atoms with E-state index in [1.807, 2.05) is 6.07 Å². The third-order valence-electron chi connectivity index (χ3n) is 2.36. The van der Waals surface area contributed by atoms with Gasteiger partial charge in [0, 0.05) is 28.6 Å². The minimum atomic E-state index is 0.0429. The Kier molecular flexibility index (Phi) is 2.96. The summed E-state index contributed by atoms with van der Waals surface area (Å²) in [5.74, 6) is 0.756. The first-order valence-electron chi connectivity index (χ1n) is 5.31. The van der Waals surface area contributed by atoms with Gasteiger partial charge in [0.1, 0.15) is 5.75 Å². The summed E-state index contributed by atoms with van der Waals surface area (Å²) in [4.78, 5) is 12.1. The molecule has 3 aromatic heterocycles. The zero-order valence-electron chi connectivity index (χ0n) is 9.49. The summed E-state index contributed by atoms with van der Waals surface area (Å²) >= 11 is 3.33. The van der Waals surface area contributed by atoms with Crippen LogP contribution in [0.5, 0.6) is 5.75 Å². The van der Waals surface area contributed by atoms with Crippen LogP contribution >= 0.6 is 15.9 Å². The molecule has 3 aromatic rings. The first-order chi connectivity index (χ1) is 9.22. The fourth-order valence-corrected chi connectivity index (χ4v) is 1.90. The van der Waals surface area contributed by atoms with Crippen LogP contribution in [0.1, 0.15) is 0 Å². The molecule has 6 nitrogen and oxygen atoms in total. The molecular formula is C12H7BrN4O2. The van der Waals surface area contributed by atoms with Gasteiger partial charge < -0.3 is 9.63 Å². The zero-order valence-corrected chi connectivity index (χ0v) is 11.1. The van der Waals surface area contributed by atoms with Crippen molar-refractivity contribution in [1.29, 1.82) is 0 Å². The molecule has 0 aliphatic heterocycles. The van der Waals surface area contributed by atoms with E-state index in [4.69, 9.17) is 4.52 Å². The van der Waals surface area contributed by atoms with Crippen LogP contribution in [-0.2, 0) is 0 Å². The van der Waals surface area contributed by atoms with Crippen molar-refractivity contribution in [3.05, 3.63) is 41.4 Å². The van der Waals surface area contributed by atoms with Crippen LogP contribution in [0.2, 0.25) is 0 Å². The lowest BCUT2D eigenvalue weighted by Gasteiger charge is -1.94. The van der Waals surface area contributed by atoms with Crippen LogP contribution < -0.4 is 0 Å². The SMILES string of the molecule is Oc1cncc(-c2nc(-c3cncc(Br)c3)no2)c1.